The van der Waals surface area contributed by atoms with E-state index in [1.54, 1.807) is 0 Å². The number of benzene rings is 1. The number of ether oxygens (including phenoxy) is 1. The fraction of sp³-hybridized carbons (Fsp3) is 0.571. The standard InChI is InChI=1S/C14H21NO2S/c1-10(15-18(16)14(2,3)4)11-5-6-13-12(9-11)7-8-17-13/h5-6,9-10,15H,7-8H2,1-4H3. The normalized spacial score (nSPS) is 18.1. The van der Waals surface area contributed by atoms with Crippen molar-refractivity contribution in [2.45, 2.75) is 44.9 Å². The van der Waals surface area contributed by atoms with Crippen LogP contribution in [-0.4, -0.2) is 15.9 Å². The fourth-order valence-electron chi connectivity index (χ4n) is 1.88. The van der Waals surface area contributed by atoms with Crippen molar-refractivity contribution in [1.82, 2.24) is 4.72 Å². The molecular formula is C14H21NO2S. The zero-order chi connectivity index (χ0) is 13.3. The summed E-state index contributed by atoms with van der Waals surface area (Å²) in [6.45, 7) is 8.73. The van der Waals surface area contributed by atoms with Crippen molar-refractivity contribution in [2.75, 3.05) is 6.61 Å². The molecule has 0 saturated heterocycles. The van der Waals surface area contributed by atoms with Crippen LogP contribution < -0.4 is 9.46 Å². The van der Waals surface area contributed by atoms with Crippen LogP contribution in [0.25, 0.3) is 0 Å². The van der Waals surface area contributed by atoms with Crippen molar-refractivity contribution in [3.05, 3.63) is 29.3 Å². The van der Waals surface area contributed by atoms with Crippen LogP contribution >= 0.6 is 0 Å². The van der Waals surface area contributed by atoms with Crippen molar-refractivity contribution in [1.29, 1.82) is 0 Å². The number of hydrogen-bond donors (Lipinski definition) is 1. The third-order valence-electron chi connectivity index (χ3n) is 3.05. The van der Waals surface area contributed by atoms with Crippen LogP contribution in [0.3, 0.4) is 0 Å². The van der Waals surface area contributed by atoms with Crippen LogP contribution in [0.2, 0.25) is 0 Å². The van der Waals surface area contributed by atoms with Crippen molar-refractivity contribution < 1.29 is 9.29 Å². The van der Waals surface area contributed by atoms with Crippen molar-refractivity contribution in [2.24, 2.45) is 0 Å². The first-order valence-electron chi connectivity index (χ1n) is 6.31. The molecule has 1 N–H and O–H groups in total. The van der Waals surface area contributed by atoms with Crippen molar-refractivity contribution in [3.8, 4) is 5.75 Å². The second kappa shape index (κ2) is 5.11. The summed E-state index contributed by atoms with van der Waals surface area (Å²) < 4.78 is 20.5. The summed E-state index contributed by atoms with van der Waals surface area (Å²) in [6.07, 6.45) is 0.970. The van der Waals surface area contributed by atoms with E-state index in [9.17, 15) is 4.55 Å². The monoisotopic (exact) mass is 267 g/mol. The Hall–Kier alpha value is -0.710. The predicted molar refractivity (Wildman–Crippen MR) is 75.1 cm³/mol. The first kappa shape index (κ1) is 13.7. The maximum absolute atomic E-state index is 12.1. The van der Waals surface area contributed by atoms with Gasteiger partial charge in [0.25, 0.3) is 0 Å². The highest BCUT2D eigenvalue weighted by molar-refractivity contribution is 7.90. The molecule has 0 aromatic heterocycles. The molecule has 100 valence electrons. The Morgan fingerprint density at radius 3 is 2.78 bits per heavy atom. The fourth-order valence-corrected chi connectivity index (χ4v) is 2.69. The van der Waals surface area contributed by atoms with Crippen molar-refractivity contribution in [3.63, 3.8) is 0 Å². The van der Waals surface area contributed by atoms with Crippen LogP contribution in [0.5, 0.6) is 5.75 Å². The number of fused-ring (bicyclic) bond motifs is 1. The summed E-state index contributed by atoms with van der Waals surface area (Å²) in [5.74, 6) is 0.989. The van der Waals surface area contributed by atoms with E-state index >= 15 is 0 Å². The van der Waals surface area contributed by atoms with Crippen LogP contribution in [-0.2, 0) is 17.8 Å². The Labute approximate surface area is 112 Å². The van der Waals surface area contributed by atoms with E-state index in [1.807, 2.05) is 39.8 Å². The van der Waals surface area contributed by atoms with Gasteiger partial charge in [0.05, 0.1) is 12.6 Å². The lowest BCUT2D eigenvalue weighted by molar-refractivity contribution is 0.357. The van der Waals surface area contributed by atoms with E-state index in [0.717, 1.165) is 24.3 Å². The highest BCUT2D eigenvalue weighted by Crippen LogP contribution is 2.28. The third-order valence-corrected chi connectivity index (χ3v) is 4.73. The smallest absolute Gasteiger partial charge is 0.136 e. The Morgan fingerprint density at radius 1 is 1.39 bits per heavy atom. The summed E-state index contributed by atoms with van der Waals surface area (Å²) in [5, 5.41) is 0. The summed E-state index contributed by atoms with van der Waals surface area (Å²) in [4.78, 5) is 0. The lowest BCUT2D eigenvalue weighted by atomic mass is 10.0. The van der Waals surface area contributed by atoms with E-state index in [2.05, 4.69) is 10.8 Å². The van der Waals surface area contributed by atoms with Gasteiger partial charge in [0.2, 0.25) is 0 Å². The van der Waals surface area contributed by atoms with E-state index < -0.39 is 11.4 Å². The van der Waals surface area contributed by atoms with Crippen molar-refractivity contribution >= 4 is 11.4 Å². The Bertz CT molecular complexity index is 428. The van der Waals surface area contributed by atoms with Crippen LogP contribution in [0.15, 0.2) is 18.2 Å². The van der Waals surface area contributed by atoms with Crippen LogP contribution in [0.4, 0.5) is 0 Å². The van der Waals surface area contributed by atoms with Gasteiger partial charge < -0.3 is 9.29 Å². The minimum Gasteiger partial charge on any atom is -0.598 e. The van der Waals surface area contributed by atoms with Gasteiger partial charge in [0.1, 0.15) is 10.5 Å². The molecule has 1 aromatic rings. The third kappa shape index (κ3) is 2.99. The molecule has 1 aromatic carbocycles. The number of hydrogen-bond acceptors (Lipinski definition) is 3. The van der Waals surface area contributed by atoms with Gasteiger partial charge in [-0.3, -0.25) is 0 Å². The Morgan fingerprint density at radius 2 is 2.11 bits per heavy atom. The second-order valence-electron chi connectivity index (χ2n) is 5.69. The van der Waals surface area contributed by atoms with Gasteiger partial charge in [-0.2, -0.15) is 0 Å². The van der Waals surface area contributed by atoms with Gasteiger partial charge in [-0.25, -0.2) is 0 Å². The highest BCUT2D eigenvalue weighted by atomic mass is 32.2. The molecule has 0 saturated carbocycles. The average Bonchev–Trinajstić information content (AvgIpc) is 2.74. The number of rotatable bonds is 3. The lowest BCUT2D eigenvalue weighted by Crippen LogP contribution is -2.40. The molecule has 0 spiro atoms. The molecule has 18 heavy (non-hydrogen) atoms. The van der Waals surface area contributed by atoms with E-state index in [0.29, 0.717) is 0 Å². The van der Waals surface area contributed by atoms with Gasteiger partial charge in [0, 0.05) is 17.8 Å². The van der Waals surface area contributed by atoms with Gasteiger partial charge >= 0.3 is 0 Å². The molecular weight excluding hydrogens is 246 g/mol. The zero-order valence-electron chi connectivity index (χ0n) is 11.4. The summed E-state index contributed by atoms with van der Waals surface area (Å²) in [5.41, 5.74) is 2.42. The molecule has 4 heteroatoms. The van der Waals surface area contributed by atoms with Gasteiger partial charge in [-0.1, -0.05) is 12.1 Å². The summed E-state index contributed by atoms with van der Waals surface area (Å²) >= 11 is -1.05. The molecule has 1 aliphatic rings. The van der Waals surface area contributed by atoms with E-state index in [1.165, 1.54) is 5.56 Å². The number of nitrogens with one attached hydrogen (secondary N) is 1. The average molecular weight is 267 g/mol. The zero-order valence-corrected chi connectivity index (χ0v) is 12.3. The Kier molecular flexibility index (Phi) is 3.90. The molecule has 1 aliphatic heterocycles. The molecule has 1 heterocycles. The Balaban J connectivity index is 2.07. The second-order valence-corrected chi connectivity index (χ2v) is 7.68. The molecule has 2 rings (SSSR count). The molecule has 0 amide bonds. The largest absolute Gasteiger partial charge is 0.598 e. The van der Waals surface area contributed by atoms with Crippen LogP contribution in [0, 0.1) is 0 Å². The topological polar surface area (TPSA) is 44.3 Å². The highest BCUT2D eigenvalue weighted by Gasteiger charge is 2.28. The van der Waals surface area contributed by atoms with E-state index in [4.69, 9.17) is 4.74 Å². The quantitative estimate of drug-likeness (QED) is 0.856. The summed E-state index contributed by atoms with van der Waals surface area (Å²) in [7, 11) is 0. The molecule has 0 bridgehead atoms. The lowest BCUT2D eigenvalue weighted by Gasteiger charge is -2.26. The first-order valence-corrected chi connectivity index (χ1v) is 7.46. The first-order chi connectivity index (χ1) is 8.38. The summed E-state index contributed by atoms with van der Waals surface area (Å²) in [6, 6.07) is 6.29. The SMILES string of the molecule is CC(N[S+]([O-])C(C)(C)C)c1ccc2c(c1)CCO2. The molecule has 2 atom stereocenters. The molecule has 0 fully saturated rings. The minimum absolute atomic E-state index is 0.0796. The van der Waals surface area contributed by atoms with Gasteiger partial charge in [0.15, 0.2) is 0 Å². The maximum atomic E-state index is 12.1. The molecule has 0 aliphatic carbocycles. The molecule has 0 radical (unpaired) electrons. The maximum Gasteiger partial charge on any atom is 0.136 e. The molecule has 3 nitrogen and oxygen atoms in total. The van der Waals surface area contributed by atoms with Gasteiger partial charge in [-0.05, 0) is 44.9 Å². The predicted octanol–water partition coefficient (Wildman–Crippen LogP) is 2.73. The van der Waals surface area contributed by atoms with Crippen LogP contribution in [0.1, 0.15) is 44.9 Å². The minimum atomic E-state index is -1.05. The molecule has 2 unspecified atom stereocenters. The van der Waals surface area contributed by atoms with Gasteiger partial charge in [-0.15, -0.1) is 4.72 Å². The van der Waals surface area contributed by atoms with E-state index in [-0.39, 0.29) is 10.8 Å².